The van der Waals surface area contributed by atoms with Crippen LogP contribution in [-0.4, -0.2) is 229 Å². The summed E-state index contributed by atoms with van der Waals surface area (Å²) in [6, 6.07) is 2.90. The first kappa shape index (κ1) is 76.4. The molecule has 3 N–H and O–H groups in total. The van der Waals surface area contributed by atoms with Crippen LogP contribution in [0, 0.1) is 23.7 Å². The molecule has 0 saturated carbocycles. The molecule has 25 heteroatoms. The van der Waals surface area contributed by atoms with Gasteiger partial charge in [0.2, 0.25) is 59.1 Å². The van der Waals surface area contributed by atoms with Gasteiger partial charge in [0.25, 0.3) is 0 Å². The molecule has 21 nitrogen and oxygen atoms in total. The molecule has 3 rings (SSSR count). The number of nitrogens with zero attached hydrogens (tertiary/aromatic N) is 8. The Morgan fingerprint density at radius 3 is 1.66 bits per heavy atom. The van der Waals surface area contributed by atoms with Crippen molar-refractivity contribution in [1.82, 2.24) is 55.1 Å². The molecule has 498 valence electrons. The second-order valence-electron chi connectivity index (χ2n) is 25.4. The molecule has 1 fully saturated rings. The second-order valence-corrected chi connectivity index (χ2v) is 25.8. The molecule has 9 atom stereocenters. The number of carbonyl (C=O) groups excluding carboxylic acids is 10. The fourth-order valence-electron chi connectivity index (χ4n) is 10.7. The fourth-order valence-corrected chi connectivity index (χ4v) is 10.8. The Labute approximate surface area is 530 Å². The molecule has 0 aliphatic carbocycles. The van der Waals surface area contributed by atoms with E-state index in [2.05, 4.69) is 16.0 Å². The Hall–Kier alpha value is -6.82. The smallest absolute Gasteiger partial charge is 0.343 e. The Morgan fingerprint density at radius 1 is 0.573 bits per heavy atom. The van der Waals surface area contributed by atoms with E-state index in [0.29, 0.717) is 29.0 Å². The van der Waals surface area contributed by atoms with Crippen LogP contribution >= 0.6 is 11.6 Å². The van der Waals surface area contributed by atoms with Gasteiger partial charge in [0.15, 0.2) is 0 Å². The fraction of sp³-hybridized carbons (Fsp3) is 0.656. The molecule has 0 bridgehead atoms. The summed E-state index contributed by atoms with van der Waals surface area (Å²) in [4.78, 5) is 154. The lowest BCUT2D eigenvalue weighted by Crippen LogP contribution is -2.60. The molecular weight excluding hydrogens is 1180 g/mol. The SMILES string of the molecule is CC[C@H](C)[C@@H]1NC(=O)[C@H](C)N(C)C(=O)C[C@@H](C)NC[C@H](CC(C)C)N(C)C(=O)[C@H](C(C)C)N(C)C(=O)[C@H](CC(C)C)N(C)C(=O)[C@H](CCc2ccc(C(F)(F)F)cc2)NC(=O)CN(C)C(=O)[C@H](Cc2ccc(Cl)cc2)N(C)C(=O)CN(C)C(=O)CN(C)C1=O. The average Bonchev–Trinajstić information content (AvgIpc) is 3.32. The van der Waals surface area contributed by atoms with E-state index in [1.807, 2.05) is 34.6 Å². The van der Waals surface area contributed by atoms with E-state index >= 15 is 9.59 Å². The van der Waals surface area contributed by atoms with Crippen molar-refractivity contribution in [2.75, 3.05) is 82.6 Å². The number of hydrogen-bond donors (Lipinski definition) is 3. The first-order valence-electron chi connectivity index (χ1n) is 30.6. The van der Waals surface area contributed by atoms with E-state index in [1.54, 1.807) is 63.9 Å². The van der Waals surface area contributed by atoms with Crippen molar-refractivity contribution in [2.24, 2.45) is 23.7 Å². The van der Waals surface area contributed by atoms with Gasteiger partial charge < -0.3 is 55.1 Å². The van der Waals surface area contributed by atoms with Crippen LogP contribution in [-0.2, 0) is 67.0 Å². The first-order chi connectivity index (χ1) is 41.3. The molecule has 1 aliphatic heterocycles. The number of nitrogens with one attached hydrogen (secondary N) is 3. The van der Waals surface area contributed by atoms with E-state index in [1.165, 1.54) is 83.1 Å². The maximum absolute atomic E-state index is 15.1. The summed E-state index contributed by atoms with van der Waals surface area (Å²) in [5, 5.41) is 9.35. The lowest BCUT2D eigenvalue weighted by Gasteiger charge is -2.40. The minimum atomic E-state index is -4.61. The zero-order chi connectivity index (χ0) is 67.7. The highest BCUT2D eigenvalue weighted by atomic mass is 35.5. The second kappa shape index (κ2) is 34.4. The van der Waals surface area contributed by atoms with Crippen molar-refractivity contribution in [1.29, 1.82) is 0 Å². The third-order valence-electron chi connectivity index (χ3n) is 16.8. The molecule has 1 aliphatic rings. The standard InChI is InChI=1S/C64H99ClF3N11O10/c1-19-41(8)56-62(88)74(13)36-54(82)72(11)37-55(83)77(16)51(33-45-22-27-47(65)28-23-45)60(86)73(12)35-52(80)70-49(29-24-44-20-25-46(26-21-44)64(66,67)68)59(85)78(17)50(31-39(4)5)61(87)79(18)57(40(6)7)63(89)76(15)48(30-38(2)3)34-69-42(9)32-53(81)75(14)43(10)58(84)71-56/h20-23,25-28,38-43,48-51,56-57,69H,19,24,29-37H2,1-18H3,(H,70,80)(H,71,84)/t41-,42+,43-,48-,49-,50-,51-,56-,57-/m0/s1. The van der Waals surface area contributed by atoms with Crippen LogP contribution in [0.2, 0.25) is 5.02 Å². The number of likely N-dealkylation sites (N-methyl/N-ethyl adjacent to an activating group) is 8. The van der Waals surface area contributed by atoms with E-state index in [0.717, 1.165) is 31.7 Å². The van der Waals surface area contributed by atoms with E-state index in [9.17, 15) is 51.5 Å². The molecule has 1 heterocycles. The molecule has 0 unspecified atom stereocenters. The van der Waals surface area contributed by atoms with Gasteiger partial charge in [-0.2, -0.15) is 13.2 Å². The predicted octanol–water partition coefficient (Wildman–Crippen LogP) is 5.21. The van der Waals surface area contributed by atoms with Crippen molar-refractivity contribution in [3.8, 4) is 0 Å². The zero-order valence-electron chi connectivity index (χ0n) is 55.5. The number of carbonyl (C=O) groups is 10. The summed E-state index contributed by atoms with van der Waals surface area (Å²) in [5.41, 5.74) is 0.0963. The van der Waals surface area contributed by atoms with Gasteiger partial charge in [-0.25, -0.2) is 0 Å². The number of benzene rings is 2. The number of aryl methyl sites for hydroxylation is 1. The monoisotopic (exact) mass is 1270 g/mol. The molecule has 0 spiro atoms. The molecular formula is C64H99ClF3N11O10. The average molecular weight is 1280 g/mol. The topological polar surface area (TPSA) is 233 Å². The van der Waals surface area contributed by atoms with Crippen molar-refractivity contribution in [2.45, 2.75) is 169 Å². The lowest BCUT2D eigenvalue weighted by atomic mass is 9.95. The van der Waals surface area contributed by atoms with E-state index < -0.39 is 139 Å². The van der Waals surface area contributed by atoms with Gasteiger partial charge in [-0.15, -0.1) is 0 Å². The molecule has 10 amide bonds. The van der Waals surface area contributed by atoms with Crippen LogP contribution in [0.25, 0.3) is 0 Å². The summed E-state index contributed by atoms with van der Waals surface area (Å²) >= 11 is 6.20. The summed E-state index contributed by atoms with van der Waals surface area (Å²) in [7, 11) is 11.5. The minimum absolute atomic E-state index is 0.00938. The van der Waals surface area contributed by atoms with Crippen LogP contribution in [0.5, 0.6) is 0 Å². The van der Waals surface area contributed by atoms with Crippen LogP contribution in [0.1, 0.15) is 118 Å². The third kappa shape index (κ3) is 22.3. The van der Waals surface area contributed by atoms with Crippen molar-refractivity contribution < 1.29 is 61.1 Å². The molecule has 1 saturated heterocycles. The van der Waals surface area contributed by atoms with Gasteiger partial charge in [0.05, 0.1) is 25.2 Å². The minimum Gasteiger partial charge on any atom is -0.343 e. The summed E-state index contributed by atoms with van der Waals surface area (Å²) in [5.74, 6) is -7.12. The number of halogens is 4. The normalized spacial score (nSPS) is 24.3. The van der Waals surface area contributed by atoms with Gasteiger partial charge in [0.1, 0.15) is 36.3 Å². The van der Waals surface area contributed by atoms with Gasteiger partial charge >= 0.3 is 6.18 Å². The number of amides is 10. The van der Waals surface area contributed by atoms with Crippen molar-refractivity contribution >= 4 is 70.7 Å². The van der Waals surface area contributed by atoms with E-state index in [4.69, 9.17) is 11.6 Å². The van der Waals surface area contributed by atoms with Gasteiger partial charge in [-0.1, -0.05) is 97.7 Å². The maximum Gasteiger partial charge on any atom is 0.416 e. The summed E-state index contributed by atoms with van der Waals surface area (Å²) in [6.07, 6.45) is -3.81. The van der Waals surface area contributed by atoms with Gasteiger partial charge in [-0.05, 0) is 98.6 Å². The quantitative estimate of drug-likeness (QED) is 0.250. The Kier molecular flexibility index (Phi) is 29.5. The van der Waals surface area contributed by atoms with Gasteiger partial charge in [0, 0.05) is 92.9 Å². The first-order valence-corrected chi connectivity index (χ1v) is 31.0. The molecule has 2 aromatic carbocycles. The highest BCUT2D eigenvalue weighted by molar-refractivity contribution is 6.30. The van der Waals surface area contributed by atoms with Crippen LogP contribution in [0.3, 0.4) is 0 Å². The molecule has 0 aromatic heterocycles. The summed E-state index contributed by atoms with van der Waals surface area (Å²) in [6.45, 7) is 16.8. The van der Waals surface area contributed by atoms with Crippen LogP contribution in [0.15, 0.2) is 48.5 Å². The highest BCUT2D eigenvalue weighted by Crippen LogP contribution is 2.30. The largest absolute Gasteiger partial charge is 0.416 e. The highest BCUT2D eigenvalue weighted by Gasteiger charge is 2.42. The predicted molar refractivity (Wildman–Crippen MR) is 335 cm³/mol. The Balaban J connectivity index is 2.22. The maximum atomic E-state index is 15.1. The molecule has 89 heavy (non-hydrogen) atoms. The van der Waals surface area contributed by atoms with Crippen LogP contribution < -0.4 is 16.0 Å². The third-order valence-corrected chi connectivity index (χ3v) is 17.1. The van der Waals surface area contributed by atoms with E-state index in [-0.39, 0.29) is 62.3 Å². The Bertz CT molecular complexity index is 2750. The molecule has 0 radical (unpaired) electrons. The Morgan fingerprint density at radius 2 is 1.12 bits per heavy atom. The van der Waals surface area contributed by atoms with Crippen LogP contribution in [0.4, 0.5) is 13.2 Å². The van der Waals surface area contributed by atoms with Crippen molar-refractivity contribution in [3.63, 3.8) is 0 Å². The van der Waals surface area contributed by atoms with Gasteiger partial charge in [-0.3, -0.25) is 47.9 Å². The molecule has 2 aromatic rings. The number of rotatable bonds is 12. The number of hydrogen-bond acceptors (Lipinski definition) is 11. The van der Waals surface area contributed by atoms with Crippen molar-refractivity contribution in [3.05, 3.63) is 70.2 Å². The number of alkyl halides is 3. The zero-order valence-corrected chi connectivity index (χ0v) is 56.3. The lowest BCUT2D eigenvalue weighted by molar-refractivity contribution is -0.153. The summed E-state index contributed by atoms with van der Waals surface area (Å²) < 4.78 is 40.8.